The van der Waals surface area contributed by atoms with E-state index in [1.54, 1.807) is 12.3 Å². The highest BCUT2D eigenvalue weighted by molar-refractivity contribution is 5.77. The van der Waals surface area contributed by atoms with E-state index in [1.807, 2.05) is 35.2 Å². The zero-order chi connectivity index (χ0) is 15.9. The van der Waals surface area contributed by atoms with E-state index in [1.165, 1.54) is 6.33 Å². The van der Waals surface area contributed by atoms with Gasteiger partial charge in [0.05, 0.1) is 0 Å². The van der Waals surface area contributed by atoms with Crippen LogP contribution in [-0.4, -0.2) is 46.6 Å². The SMILES string of the molecule is O=C(COc1ccccc1)N1CCC(Oc2ccncn2)CC1. The van der Waals surface area contributed by atoms with Gasteiger partial charge in [-0.15, -0.1) is 0 Å². The Balaban J connectivity index is 1.42. The van der Waals surface area contributed by atoms with Gasteiger partial charge in [-0.3, -0.25) is 4.79 Å². The van der Waals surface area contributed by atoms with E-state index in [2.05, 4.69) is 9.97 Å². The molecule has 0 spiro atoms. The van der Waals surface area contributed by atoms with Gasteiger partial charge < -0.3 is 14.4 Å². The van der Waals surface area contributed by atoms with Crippen molar-refractivity contribution in [3.8, 4) is 11.6 Å². The highest BCUT2D eigenvalue weighted by Gasteiger charge is 2.24. The van der Waals surface area contributed by atoms with Crippen LogP contribution in [-0.2, 0) is 4.79 Å². The molecule has 0 unspecified atom stereocenters. The topological polar surface area (TPSA) is 64.5 Å². The monoisotopic (exact) mass is 313 g/mol. The molecule has 23 heavy (non-hydrogen) atoms. The highest BCUT2D eigenvalue weighted by atomic mass is 16.5. The number of aromatic nitrogens is 2. The van der Waals surface area contributed by atoms with Crippen molar-refractivity contribution < 1.29 is 14.3 Å². The molecule has 2 heterocycles. The molecule has 0 bridgehead atoms. The molecule has 6 nitrogen and oxygen atoms in total. The number of hydrogen-bond acceptors (Lipinski definition) is 5. The summed E-state index contributed by atoms with van der Waals surface area (Å²) in [6, 6.07) is 11.1. The van der Waals surface area contributed by atoms with Crippen LogP contribution in [0, 0.1) is 0 Å². The van der Waals surface area contributed by atoms with Gasteiger partial charge in [0.2, 0.25) is 5.88 Å². The molecular formula is C17H19N3O3. The minimum Gasteiger partial charge on any atom is -0.484 e. The summed E-state index contributed by atoms with van der Waals surface area (Å²) in [4.78, 5) is 21.9. The Labute approximate surface area is 135 Å². The van der Waals surface area contributed by atoms with Crippen LogP contribution < -0.4 is 9.47 Å². The first-order valence-electron chi connectivity index (χ1n) is 7.69. The summed E-state index contributed by atoms with van der Waals surface area (Å²) in [6.45, 7) is 1.42. The quantitative estimate of drug-likeness (QED) is 0.844. The van der Waals surface area contributed by atoms with E-state index in [0.717, 1.165) is 12.8 Å². The van der Waals surface area contributed by atoms with Gasteiger partial charge >= 0.3 is 0 Å². The van der Waals surface area contributed by atoms with Crippen LogP contribution in [0.3, 0.4) is 0 Å². The van der Waals surface area contributed by atoms with Crippen LogP contribution in [0.2, 0.25) is 0 Å². The summed E-state index contributed by atoms with van der Waals surface area (Å²) in [5.74, 6) is 1.30. The van der Waals surface area contributed by atoms with Crippen LogP contribution in [0.5, 0.6) is 11.6 Å². The summed E-state index contributed by atoms with van der Waals surface area (Å²) in [5.41, 5.74) is 0. The van der Waals surface area contributed by atoms with Crippen LogP contribution in [0.15, 0.2) is 48.9 Å². The molecule has 1 saturated heterocycles. The van der Waals surface area contributed by atoms with Crippen molar-refractivity contribution in [1.29, 1.82) is 0 Å². The Hall–Kier alpha value is -2.63. The zero-order valence-corrected chi connectivity index (χ0v) is 12.8. The number of ether oxygens (including phenoxy) is 2. The first kappa shape index (κ1) is 15.3. The largest absolute Gasteiger partial charge is 0.484 e. The molecule has 6 heteroatoms. The molecule has 0 radical (unpaired) electrons. The highest BCUT2D eigenvalue weighted by Crippen LogP contribution is 2.17. The molecule has 1 fully saturated rings. The average molecular weight is 313 g/mol. The number of benzene rings is 1. The third-order valence-corrected chi connectivity index (χ3v) is 3.74. The fraction of sp³-hybridized carbons (Fsp3) is 0.353. The van der Waals surface area contributed by atoms with Crippen molar-refractivity contribution in [2.24, 2.45) is 0 Å². The molecule has 1 aromatic heterocycles. The molecule has 1 amide bonds. The Morgan fingerprint density at radius 1 is 1.17 bits per heavy atom. The van der Waals surface area contributed by atoms with E-state index in [0.29, 0.717) is 24.7 Å². The van der Waals surface area contributed by atoms with Crippen molar-refractivity contribution in [3.63, 3.8) is 0 Å². The Morgan fingerprint density at radius 2 is 1.96 bits per heavy atom. The standard InChI is InChI=1S/C17H19N3O3/c21-17(12-22-14-4-2-1-3-5-14)20-10-7-15(8-11-20)23-16-6-9-18-13-19-16/h1-6,9,13,15H,7-8,10-12H2. The molecule has 2 aromatic rings. The van der Waals surface area contributed by atoms with Crippen molar-refractivity contribution >= 4 is 5.91 Å². The summed E-state index contributed by atoms with van der Waals surface area (Å²) < 4.78 is 11.3. The molecule has 120 valence electrons. The smallest absolute Gasteiger partial charge is 0.260 e. The minimum atomic E-state index is 0.00865. The number of piperidine rings is 1. The Bertz CT molecular complexity index is 613. The second-order valence-corrected chi connectivity index (χ2v) is 5.35. The van der Waals surface area contributed by atoms with E-state index in [9.17, 15) is 4.79 Å². The van der Waals surface area contributed by atoms with Gasteiger partial charge in [-0.2, -0.15) is 0 Å². The summed E-state index contributed by atoms with van der Waals surface area (Å²) in [7, 11) is 0. The maximum absolute atomic E-state index is 12.2. The molecule has 3 rings (SSSR count). The van der Waals surface area contributed by atoms with Gasteiger partial charge in [-0.1, -0.05) is 18.2 Å². The first-order chi connectivity index (χ1) is 11.3. The normalized spacial score (nSPS) is 15.2. The zero-order valence-electron chi connectivity index (χ0n) is 12.8. The number of amides is 1. The van der Waals surface area contributed by atoms with Crippen molar-refractivity contribution in [1.82, 2.24) is 14.9 Å². The lowest BCUT2D eigenvalue weighted by molar-refractivity contribution is -0.135. The van der Waals surface area contributed by atoms with E-state index in [-0.39, 0.29) is 18.6 Å². The van der Waals surface area contributed by atoms with Gasteiger partial charge in [-0.25, -0.2) is 9.97 Å². The lowest BCUT2D eigenvalue weighted by Gasteiger charge is -2.31. The lowest BCUT2D eigenvalue weighted by Crippen LogP contribution is -2.43. The fourth-order valence-corrected chi connectivity index (χ4v) is 2.50. The molecule has 0 aliphatic carbocycles. The number of carbonyl (C=O) groups excluding carboxylic acids is 1. The van der Waals surface area contributed by atoms with Gasteiger partial charge in [0.1, 0.15) is 18.2 Å². The molecule has 1 aliphatic heterocycles. The number of nitrogens with zero attached hydrogens (tertiary/aromatic N) is 3. The predicted molar refractivity (Wildman–Crippen MR) is 84.2 cm³/mol. The number of rotatable bonds is 5. The molecule has 0 saturated carbocycles. The second kappa shape index (κ2) is 7.58. The van der Waals surface area contributed by atoms with E-state index in [4.69, 9.17) is 9.47 Å². The first-order valence-corrected chi connectivity index (χ1v) is 7.69. The molecule has 0 atom stereocenters. The fourth-order valence-electron chi connectivity index (χ4n) is 2.50. The van der Waals surface area contributed by atoms with E-state index < -0.39 is 0 Å². The van der Waals surface area contributed by atoms with Gasteiger partial charge in [0.15, 0.2) is 6.61 Å². The minimum absolute atomic E-state index is 0.00865. The molecule has 1 aromatic carbocycles. The number of likely N-dealkylation sites (tertiary alicyclic amines) is 1. The summed E-state index contributed by atoms with van der Waals surface area (Å²) in [5, 5.41) is 0. The van der Waals surface area contributed by atoms with Crippen molar-refractivity contribution in [2.45, 2.75) is 18.9 Å². The van der Waals surface area contributed by atoms with Crippen molar-refractivity contribution in [2.75, 3.05) is 19.7 Å². The van der Waals surface area contributed by atoms with Gasteiger partial charge in [0, 0.05) is 38.2 Å². The maximum atomic E-state index is 12.2. The number of hydrogen-bond donors (Lipinski definition) is 0. The van der Waals surface area contributed by atoms with Gasteiger partial charge in [-0.05, 0) is 12.1 Å². The third-order valence-electron chi connectivity index (χ3n) is 3.74. The summed E-state index contributed by atoms with van der Waals surface area (Å²) in [6.07, 6.45) is 4.79. The average Bonchev–Trinajstić information content (AvgIpc) is 2.62. The predicted octanol–water partition coefficient (Wildman–Crippen LogP) is 1.93. The van der Waals surface area contributed by atoms with Crippen LogP contribution >= 0.6 is 0 Å². The Kier molecular flexibility index (Phi) is 5.03. The summed E-state index contributed by atoms with van der Waals surface area (Å²) >= 11 is 0. The Morgan fingerprint density at radius 3 is 2.65 bits per heavy atom. The van der Waals surface area contributed by atoms with Crippen LogP contribution in [0.4, 0.5) is 0 Å². The third kappa shape index (κ3) is 4.42. The van der Waals surface area contributed by atoms with Crippen molar-refractivity contribution in [3.05, 3.63) is 48.9 Å². The molecule has 1 aliphatic rings. The molecular weight excluding hydrogens is 294 g/mol. The number of carbonyl (C=O) groups is 1. The van der Waals surface area contributed by atoms with Crippen LogP contribution in [0.25, 0.3) is 0 Å². The lowest BCUT2D eigenvalue weighted by atomic mass is 10.1. The number of para-hydroxylation sites is 1. The van der Waals surface area contributed by atoms with E-state index >= 15 is 0 Å². The van der Waals surface area contributed by atoms with Gasteiger partial charge in [0.25, 0.3) is 5.91 Å². The maximum Gasteiger partial charge on any atom is 0.260 e. The molecule has 0 N–H and O–H groups in total. The second-order valence-electron chi connectivity index (χ2n) is 5.35. The van der Waals surface area contributed by atoms with Crippen LogP contribution in [0.1, 0.15) is 12.8 Å².